The zero-order chi connectivity index (χ0) is 14.8. The summed E-state index contributed by atoms with van der Waals surface area (Å²) in [6, 6.07) is 0. The Morgan fingerprint density at radius 1 is 1.15 bits per heavy atom. The summed E-state index contributed by atoms with van der Waals surface area (Å²) in [7, 11) is 0. The molecule has 1 rings (SSSR count). The molecule has 1 aromatic rings. The van der Waals surface area contributed by atoms with E-state index in [1.54, 1.807) is 0 Å². The molecule has 1 heterocycles. The molecule has 0 spiro atoms. The molecular formula is C15H26ClN3S. The Morgan fingerprint density at radius 3 is 2.60 bits per heavy atom. The van der Waals surface area contributed by atoms with E-state index in [1.165, 1.54) is 31.4 Å². The van der Waals surface area contributed by atoms with Gasteiger partial charge in [-0.1, -0.05) is 31.4 Å². The van der Waals surface area contributed by atoms with Gasteiger partial charge in [0.05, 0.1) is 0 Å². The van der Waals surface area contributed by atoms with E-state index in [4.69, 9.17) is 11.6 Å². The first-order chi connectivity index (χ1) is 9.69. The van der Waals surface area contributed by atoms with Crippen LogP contribution in [0.2, 0.25) is 5.15 Å². The predicted octanol–water partition coefficient (Wildman–Crippen LogP) is 4.73. The smallest absolute Gasteiger partial charge is 0.137 e. The Hall–Kier alpha value is -0.480. The van der Waals surface area contributed by atoms with Crippen LogP contribution >= 0.6 is 23.4 Å². The van der Waals surface area contributed by atoms with Gasteiger partial charge in [0.2, 0.25) is 0 Å². The van der Waals surface area contributed by atoms with Gasteiger partial charge in [0.25, 0.3) is 0 Å². The highest BCUT2D eigenvalue weighted by atomic mass is 35.5. The van der Waals surface area contributed by atoms with Gasteiger partial charge in [-0.2, -0.15) is 11.8 Å². The quantitative estimate of drug-likeness (QED) is 0.500. The highest BCUT2D eigenvalue weighted by Crippen LogP contribution is 2.20. The van der Waals surface area contributed by atoms with Gasteiger partial charge in [0, 0.05) is 18.5 Å². The second-order valence-electron chi connectivity index (χ2n) is 4.99. The zero-order valence-corrected chi connectivity index (χ0v) is 14.4. The van der Waals surface area contributed by atoms with Crippen LogP contribution in [-0.4, -0.2) is 28.5 Å². The SMILES string of the molecule is CCCc1nc(Cl)c(C)c(NCCCCCCSC)n1. The molecule has 0 bridgehead atoms. The lowest BCUT2D eigenvalue weighted by atomic mass is 10.2. The molecule has 0 amide bonds. The molecule has 0 saturated carbocycles. The number of aryl methyl sites for hydroxylation is 1. The van der Waals surface area contributed by atoms with Gasteiger partial charge in [-0.25, -0.2) is 9.97 Å². The van der Waals surface area contributed by atoms with E-state index in [0.717, 1.165) is 36.6 Å². The summed E-state index contributed by atoms with van der Waals surface area (Å²) in [5, 5.41) is 3.98. The molecule has 0 aromatic carbocycles. The molecule has 0 aliphatic carbocycles. The fourth-order valence-corrected chi connectivity index (χ4v) is 2.65. The third-order valence-electron chi connectivity index (χ3n) is 3.17. The maximum absolute atomic E-state index is 6.16. The van der Waals surface area contributed by atoms with Gasteiger partial charge < -0.3 is 5.32 Å². The van der Waals surface area contributed by atoms with E-state index < -0.39 is 0 Å². The van der Waals surface area contributed by atoms with Crippen molar-refractivity contribution in [1.29, 1.82) is 0 Å². The second kappa shape index (κ2) is 10.3. The Labute approximate surface area is 132 Å². The molecule has 114 valence electrons. The standard InChI is InChI=1S/C15H26ClN3S/c1-4-9-13-18-14(16)12(2)15(19-13)17-10-7-5-6-8-11-20-3/h4-11H2,1-3H3,(H,17,18,19). The first-order valence-corrected chi connectivity index (χ1v) is 9.22. The van der Waals surface area contributed by atoms with Crippen LogP contribution in [0.3, 0.4) is 0 Å². The fraction of sp³-hybridized carbons (Fsp3) is 0.733. The van der Waals surface area contributed by atoms with Crippen molar-refractivity contribution in [2.24, 2.45) is 0 Å². The number of hydrogen-bond donors (Lipinski definition) is 1. The topological polar surface area (TPSA) is 37.8 Å². The van der Waals surface area contributed by atoms with Crippen molar-refractivity contribution in [2.45, 2.75) is 52.4 Å². The minimum atomic E-state index is 0.575. The number of unbranched alkanes of at least 4 members (excludes halogenated alkanes) is 3. The van der Waals surface area contributed by atoms with Gasteiger partial charge in [-0.15, -0.1) is 0 Å². The van der Waals surface area contributed by atoms with E-state index in [9.17, 15) is 0 Å². The van der Waals surface area contributed by atoms with E-state index in [-0.39, 0.29) is 0 Å². The zero-order valence-electron chi connectivity index (χ0n) is 12.8. The average molecular weight is 316 g/mol. The lowest BCUT2D eigenvalue weighted by molar-refractivity contribution is 0.687. The van der Waals surface area contributed by atoms with Crippen LogP contribution < -0.4 is 5.32 Å². The lowest BCUT2D eigenvalue weighted by Gasteiger charge is -2.11. The third-order valence-corrected chi connectivity index (χ3v) is 4.24. The maximum Gasteiger partial charge on any atom is 0.137 e. The molecule has 1 N–H and O–H groups in total. The van der Waals surface area contributed by atoms with Gasteiger partial charge in [0.1, 0.15) is 16.8 Å². The highest BCUT2D eigenvalue weighted by Gasteiger charge is 2.08. The molecule has 1 aromatic heterocycles. The largest absolute Gasteiger partial charge is 0.370 e. The summed E-state index contributed by atoms with van der Waals surface area (Å²) in [4.78, 5) is 8.87. The van der Waals surface area contributed by atoms with Crippen LogP contribution in [0.5, 0.6) is 0 Å². The Balaban J connectivity index is 2.38. The Bertz CT molecular complexity index is 399. The molecule has 0 atom stereocenters. The summed E-state index contributed by atoms with van der Waals surface area (Å²) in [6.07, 6.45) is 9.16. The number of anilines is 1. The summed E-state index contributed by atoms with van der Waals surface area (Å²) in [5.74, 6) is 3.01. The van der Waals surface area contributed by atoms with Crippen molar-refractivity contribution in [3.63, 3.8) is 0 Å². The normalized spacial score (nSPS) is 10.8. The molecule has 0 aliphatic heterocycles. The highest BCUT2D eigenvalue weighted by molar-refractivity contribution is 7.98. The number of halogens is 1. The summed E-state index contributed by atoms with van der Waals surface area (Å²) in [6.45, 7) is 5.05. The molecule has 3 nitrogen and oxygen atoms in total. The van der Waals surface area contributed by atoms with Crippen LogP contribution in [-0.2, 0) is 6.42 Å². The van der Waals surface area contributed by atoms with E-state index in [2.05, 4.69) is 28.5 Å². The van der Waals surface area contributed by atoms with E-state index >= 15 is 0 Å². The number of aromatic nitrogens is 2. The van der Waals surface area contributed by atoms with Crippen molar-refractivity contribution in [3.05, 3.63) is 16.5 Å². The molecular weight excluding hydrogens is 290 g/mol. The summed E-state index contributed by atoms with van der Waals surface area (Å²) >= 11 is 8.08. The molecule has 5 heteroatoms. The minimum absolute atomic E-state index is 0.575. The number of nitrogens with zero attached hydrogens (tertiary/aromatic N) is 2. The van der Waals surface area contributed by atoms with Gasteiger partial charge in [-0.05, 0) is 38.2 Å². The van der Waals surface area contributed by atoms with Crippen LogP contribution in [0.1, 0.15) is 50.4 Å². The minimum Gasteiger partial charge on any atom is -0.370 e. The monoisotopic (exact) mass is 315 g/mol. The fourth-order valence-electron chi connectivity index (χ4n) is 1.97. The van der Waals surface area contributed by atoms with Crippen LogP contribution in [0.25, 0.3) is 0 Å². The van der Waals surface area contributed by atoms with E-state index in [1.807, 2.05) is 18.7 Å². The molecule has 0 fully saturated rings. The van der Waals surface area contributed by atoms with Crippen LogP contribution in [0.15, 0.2) is 0 Å². The predicted molar refractivity (Wildman–Crippen MR) is 91.1 cm³/mol. The van der Waals surface area contributed by atoms with Gasteiger partial charge in [-0.3, -0.25) is 0 Å². The third kappa shape index (κ3) is 6.31. The maximum atomic E-state index is 6.16. The number of rotatable bonds is 10. The molecule has 0 saturated heterocycles. The Morgan fingerprint density at radius 2 is 1.90 bits per heavy atom. The molecule has 0 aliphatic rings. The van der Waals surface area contributed by atoms with Gasteiger partial charge in [0.15, 0.2) is 0 Å². The second-order valence-corrected chi connectivity index (χ2v) is 6.33. The number of nitrogens with one attached hydrogen (secondary N) is 1. The molecule has 0 radical (unpaired) electrons. The lowest BCUT2D eigenvalue weighted by Crippen LogP contribution is -2.08. The van der Waals surface area contributed by atoms with Crippen molar-refractivity contribution in [1.82, 2.24) is 9.97 Å². The van der Waals surface area contributed by atoms with Crippen molar-refractivity contribution >= 4 is 29.2 Å². The summed E-state index contributed by atoms with van der Waals surface area (Å²) in [5.41, 5.74) is 0.953. The van der Waals surface area contributed by atoms with Crippen molar-refractivity contribution in [2.75, 3.05) is 23.9 Å². The molecule has 20 heavy (non-hydrogen) atoms. The van der Waals surface area contributed by atoms with Crippen molar-refractivity contribution in [3.8, 4) is 0 Å². The van der Waals surface area contributed by atoms with Crippen LogP contribution in [0, 0.1) is 6.92 Å². The summed E-state index contributed by atoms with van der Waals surface area (Å²) < 4.78 is 0. The molecule has 0 unspecified atom stereocenters. The van der Waals surface area contributed by atoms with Crippen molar-refractivity contribution < 1.29 is 0 Å². The van der Waals surface area contributed by atoms with Crippen LogP contribution in [0.4, 0.5) is 5.82 Å². The number of hydrogen-bond acceptors (Lipinski definition) is 4. The van der Waals surface area contributed by atoms with E-state index in [0.29, 0.717) is 5.15 Å². The average Bonchev–Trinajstić information content (AvgIpc) is 2.43. The Kier molecular flexibility index (Phi) is 9.03. The number of thioether (sulfide) groups is 1. The first kappa shape index (κ1) is 17.6. The van der Waals surface area contributed by atoms with Gasteiger partial charge >= 0.3 is 0 Å². The first-order valence-electron chi connectivity index (χ1n) is 7.44.